The maximum absolute atomic E-state index is 9.95. The number of benzene rings is 1. The van der Waals surface area contributed by atoms with E-state index in [1.54, 1.807) is 12.1 Å². The minimum absolute atomic E-state index is 0.0583. The minimum atomic E-state index is 0.0583. The van der Waals surface area contributed by atoms with E-state index in [0.29, 0.717) is 28.2 Å². The SMILES string of the molecule is CCC1SCCSC1c1noc(-c2ccc(N)cc2O)n1. The van der Waals surface area contributed by atoms with E-state index >= 15 is 0 Å². The second-order valence-electron chi connectivity index (χ2n) is 4.84. The third-order valence-electron chi connectivity index (χ3n) is 3.40. The van der Waals surface area contributed by atoms with Crippen molar-refractivity contribution in [3.8, 4) is 17.2 Å². The molecule has 7 heteroatoms. The molecular weight excluding hydrogens is 306 g/mol. The molecule has 1 aromatic carbocycles. The summed E-state index contributed by atoms with van der Waals surface area (Å²) in [7, 11) is 0. The Kier molecular flexibility index (Phi) is 4.30. The Morgan fingerprint density at radius 2 is 2.19 bits per heavy atom. The van der Waals surface area contributed by atoms with Crippen molar-refractivity contribution in [2.75, 3.05) is 17.2 Å². The number of phenols is 1. The van der Waals surface area contributed by atoms with Gasteiger partial charge in [0.15, 0.2) is 5.82 Å². The lowest BCUT2D eigenvalue weighted by molar-refractivity contribution is 0.416. The highest BCUT2D eigenvalue weighted by Gasteiger charge is 2.30. The Morgan fingerprint density at radius 1 is 1.38 bits per heavy atom. The summed E-state index contributed by atoms with van der Waals surface area (Å²) in [6, 6.07) is 4.89. The first kappa shape index (κ1) is 14.6. The Labute approximate surface area is 131 Å². The van der Waals surface area contributed by atoms with Crippen LogP contribution in [0, 0.1) is 0 Å². The Hall–Kier alpha value is -1.34. The van der Waals surface area contributed by atoms with Crippen LogP contribution in [0.15, 0.2) is 22.7 Å². The lowest BCUT2D eigenvalue weighted by atomic mass is 10.2. The highest BCUT2D eigenvalue weighted by molar-refractivity contribution is 8.06. The fourth-order valence-corrected chi connectivity index (χ4v) is 5.31. The first-order chi connectivity index (χ1) is 10.2. The van der Waals surface area contributed by atoms with Gasteiger partial charge >= 0.3 is 0 Å². The molecule has 1 aliphatic heterocycles. The summed E-state index contributed by atoms with van der Waals surface area (Å²) in [4.78, 5) is 4.48. The molecule has 0 saturated carbocycles. The molecule has 3 N–H and O–H groups in total. The quantitative estimate of drug-likeness (QED) is 0.838. The van der Waals surface area contributed by atoms with Crippen LogP contribution in [0.1, 0.15) is 24.4 Å². The Balaban J connectivity index is 1.89. The van der Waals surface area contributed by atoms with Gasteiger partial charge in [0.2, 0.25) is 0 Å². The number of thioether (sulfide) groups is 2. The monoisotopic (exact) mass is 323 g/mol. The first-order valence-electron chi connectivity index (χ1n) is 6.84. The van der Waals surface area contributed by atoms with Gasteiger partial charge in [-0.3, -0.25) is 0 Å². The molecule has 3 rings (SSSR count). The van der Waals surface area contributed by atoms with Crippen molar-refractivity contribution in [2.24, 2.45) is 0 Å². The van der Waals surface area contributed by atoms with E-state index in [9.17, 15) is 5.11 Å². The molecule has 1 saturated heterocycles. The van der Waals surface area contributed by atoms with E-state index in [4.69, 9.17) is 10.3 Å². The number of rotatable bonds is 3. The van der Waals surface area contributed by atoms with Crippen molar-refractivity contribution < 1.29 is 9.63 Å². The molecule has 112 valence electrons. The second kappa shape index (κ2) is 6.19. The van der Waals surface area contributed by atoms with Crippen LogP contribution in [0.4, 0.5) is 5.69 Å². The number of aromatic hydroxyl groups is 1. The predicted octanol–water partition coefficient (Wildman–Crippen LogP) is 3.32. The van der Waals surface area contributed by atoms with Gasteiger partial charge in [0, 0.05) is 28.5 Å². The first-order valence-corrected chi connectivity index (χ1v) is 8.94. The molecule has 2 atom stereocenters. The standard InChI is InChI=1S/C14H17N3O2S2/c1-2-11-12(21-6-5-20-11)13-16-14(19-17-13)9-4-3-8(15)7-10(9)18/h3-4,7,11-12,18H,2,5-6,15H2,1H3. The number of hydrogen-bond acceptors (Lipinski definition) is 7. The van der Waals surface area contributed by atoms with Crippen LogP contribution in [-0.2, 0) is 0 Å². The summed E-state index contributed by atoms with van der Waals surface area (Å²) >= 11 is 3.84. The number of hydrogen-bond donors (Lipinski definition) is 2. The number of aromatic nitrogens is 2. The van der Waals surface area contributed by atoms with Crippen LogP contribution in [0.25, 0.3) is 11.5 Å². The number of phenolic OH excluding ortho intramolecular Hbond substituents is 1. The van der Waals surface area contributed by atoms with Gasteiger partial charge in [-0.05, 0) is 18.6 Å². The van der Waals surface area contributed by atoms with E-state index in [1.807, 2.05) is 23.5 Å². The molecule has 2 unspecified atom stereocenters. The zero-order chi connectivity index (χ0) is 14.8. The Morgan fingerprint density at radius 3 is 2.95 bits per heavy atom. The van der Waals surface area contributed by atoms with Crippen molar-refractivity contribution in [1.29, 1.82) is 0 Å². The van der Waals surface area contributed by atoms with E-state index in [2.05, 4.69) is 17.1 Å². The van der Waals surface area contributed by atoms with E-state index in [0.717, 1.165) is 12.2 Å². The number of nitrogens with zero attached hydrogens (tertiary/aromatic N) is 2. The van der Waals surface area contributed by atoms with Gasteiger partial charge in [-0.25, -0.2) is 0 Å². The maximum atomic E-state index is 9.95. The molecule has 21 heavy (non-hydrogen) atoms. The molecule has 0 bridgehead atoms. The van der Waals surface area contributed by atoms with Crippen LogP contribution in [0.5, 0.6) is 5.75 Å². The Bertz CT molecular complexity index is 632. The summed E-state index contributed by atoms with van der Waals surface area (Å²) < 4.78 is 5.33. The molecule has 1 fully saturated rings. The predicted molar refractivity (Wildman–Crippen MR) is 87.5 cm³/mol. The van der Waals surface area contributed by atoms with Crippen LogP contribution < -0.4 is 5.73 Å². The van der Waals surface area contributed by atoms with Crippen molar-refractivity contribution in [1.82, 2.24) is 10.1 Å². The van der Waals surface area contributed by atoms with Crippen molar-refractivity contribution in [2.45, 2.75) is 23.8 Å². The zero-order valence-corrected chi connectivity index (χ0v) is 13.3. The van der Waals surface area contributed by atoms with Crippen LogP contribution in [-0.4, -0.2) is 32.0 Å². The minimum Gasteiger partial charge on any atom is -0.507 e. The normalized spacial score (nSPS) is 22.3. The van der Waals surface area contributed by atoms with Crippen molar-refractivity contribution in [3.63, 3.8) is 0 Å². The van der Waals surface area contributed by atoms with Gasteiger partial charge in [0.25, 0.3) is 5.89 Å². The number of anilines is 1. The third kappa shape index (κ3) is 2.98. The molecule has 1 aromatic heterocycles. The second-order valence-corrected chi connectivity index (χ2v) is 7.44. The van der Waals surface area contributed by atoms with Gasteiger partial charge in [0.1, 0.15) is 5.75 Å². The highest BCUT2D eigenvalue weighted by Crippen LogP contribution is 2.43. The molecule has 0 aliphatic carbocycles. The molecule has 5 nitrogen and oxygen atoms in total. The molecule has 0 amide bonds. The van der Waals surface area contributed by atoms with Crippen LogP contribution in [0.2, 0.25) is 0 Å². The fourth-order valence-electron chi connectivity index (χ4n) is 2.33. The van der Waals surface area contributed by atoms with Gasteiger partial charge < -0.3 is 15.4 Å². The molecule has 2 heterocycles. The van der Waals surface area contributed by atoms with Gasteiger partial charge in [-0.2, -0.15) is 16.7 Å². The summed E-state index contributed by atoms with van der Waals surface area (Å²) in [5.41, 5.74) is 6.65. The smallest absolute Gasteiger partial charge is 0.261 e. The average molecular weight is 323 g/mol. The largest absolute Gasteiger partial charge is 0.507 e. The fraction of sp³-hybridized carbons (Fsp3) is 0.429. The van der Waals surface area contributed by atoms with Crippen LogP contribution in [0.3, 0.4) is 0 Å². The van der Waals surface area contributed by atoms with Crippen molar-refractivity contribution >= 4 is 29.2 Å². The number of nitrogens with two attached hydrogens (primary N) is 1. The summed E-state index contributed by atoms with van der Waals surface area (Å²) in [5.74, 6) is 3.38. The van der Waals surface area contributed by atoms with E-state index < -0.39 is 0 Å². The molecule has 1 aliphatic rings. The summed E-state index contributed by atoms with van der Waals surface area (Å²) in [6.07, 6.45) is 1.08. The lowest BCUT2D eigenvalue weighted by Crippen LogP contribution is -2.19. The number of nitrogen functional groups attached to an aromatic ring is 1. The van der Waals surface area contributed by atoms with Gasteiger partial charge in [-0.1, -0.05) is 12.1 Å². The lowest BCUT2D eigenvalue weighted by Gasteiger charge is -2.27. The van der Waals surface area contributed by atoms with Gasteiger partial charge in [0.05, 0.1) is 10.8 Å². The highest BCUT2D eigenvalue weighted by atomic mass is 32.2. The van der Waals surface area contributed by atoms with Gasteiger partial charge in [-0.15, -0.1) is 11.8 Å². The average Bonchev–Trinajstić information content (AvgIpc) is 2.96. The molecule has 2 aromatic rings. The molecular formula is C14H17N3O2S2. The van der Waals surface area contributed by atoms with Crippen molar-refractivity contribution in [3.05, 3.63) is 24.0 Å². The zero-order valence-electron chi connectivity index (χ0n) is 11.7. The topological polar surface area (TPSA) is 85.2 Å². The van der Waals surface area contributed by atoms with Crippen LogP contribution >= 0.6 is 23.5 Å². The molecule has 0 radical (unpaired) electrons. The van der Waals surface area contributed by atoms with E-state index in [1.165, 1.54) is 11.8 Å². The maximum Gasteiger partial charge on any atom is 0.261 e. The van der Waals surface area contributed by atoms with E-state index in [-0.39, 0.29) is 11.0 Å². The summed E-state index contributed by atoms with van der Waals surface area (Å²) in [6.45, 7) is 2.18. The summed E-state index contributed by atoms with van der Waals surface area (Å²) in [5, 5.41) is 14.8. The molecule has 0 spiro atoms. The third-order valence-corrected chi connectivity index (χ3v) is 6.64.